The Balaban J connectivity index is 2.21. The maximum Gasteiger partial charge on any atom is 0.122 e. The van der Waals surface area contributed by atoms with Gasteiger partial charge < -0.3 is 14.6 Å². The van der Waals surface area contributed by atoms with E-state index in [9.17, 15) is 5.11 Å². The number of benzene rings is 1. The van der Waals surface area contributed by atoms with Crippen molar-refractivity contribution in [1.82, 2.24) is 4.98 Å². The van der Waals surface area contributed by atoms with E-state index in [1.165, 1.54) is 11.1 Å². The van der Waals surface area contributed by atoms with E-state index >= 15 is 0 Å². The first-order chi connectivity index (χ1) is 12.9. The number of rotatable bonds is 5. The minimum atomic E-state index is -1.19. The van der Waals surface area contributed by atoms with Crippen LogP contribution in [0.5, 0.6) is 0 Å². The van der Waals surface area contributed by atoms with E-state index in [-0.39, 0.29) is 18.1 Å². The number of aryl methyl sites for hydroxylation is 3. The van der Waals surface area contributed by atoms with Crippen molar-refractivity contribution in [1.29, 1.82) is 0 Å². The molecule has 1 N–H and O–H groups in total. The van der Waals surface area contributed by atoms with Crippen LogP contribution >= 0.6 is 0 Å². The Morgan fingerprint density at radius 1 is 1.04 bits per heavy atom. The molecule has 0 saturated heterocycles. The minimum absolute atomic E-state index is 0.0392. The van der Waals surface area contributed by atoms with Gasteiger partial charge in [-0.3, -0.25) is 4.98 Å². The van der Waals surface area contributed by atoms with E-state index in [2.05, 4.69) is 37.9 Å². The average molecular weight is 370 g/mol. The summed E-state index contributed by atoms with van der Waals surface area (Å²) in [5.41, 5.74) is 4.04. The van der Waals surface area contributed by atoms with Gasteiger partial charge in [0, 0.05) is 38.1 Å². The summed E-state index contributed by atoms with van der Waals surface area (Å²) in [4.78, 5) is 4.30. The SMILES string of the molecule is COC1CCC(OC)C(C(O)(c2cccnc2)c2cc(C)c(C)cc2C)C1. The molecular weight excluding hydrogens is 338 g/mol. The fourth-order valence-electron chi connectivity index (χ4n) is 4.57. The standard InChI is InChI=1S/C23H31NO3/c1-15-11-17(3)20(12-16(15)2)23(25,18-7-6-10-24-14-18)21-13-19(26-4)8-9-22(21)27-5/h6-7,10-12,14,19,21-22,25H,8-9,13H2,1-5H3. The van der Waals surface area contributed by atoms with Gasteiger partial charge in [-0.1, -0.05) is 18.2 Å². The van der Waals surface area contributed by atoms with Crippen molar-refractivity contribution < 1.29 is 14.6 Å². The molecule has 0 bridgehead atoms. The first-order valence-electron chi connectivity index (χ1n) is 9.68. The topological polar surface area (TPSA) is 51.6 Å². The number of ether oxygens (including phenoxy) is 2. The molecule has 1 heterocycles. The van der Waals surface area contributed by atoms with E-state index < -0.39 is 5.60 Å². The van der Waals surface area contributed by atoms with E-state index in [1.54, 1.807) is 26.6 Å². The highest BCUT2D eigenvalue weighted by Crippen LogP contribution is 2.46. The highest BCUT2D eigenvalue weighted by molar-refractivity contribution is 5.45. The normalized spacial score (nSPS) is 25.2. The van der Waals surface area contributed by atoms with Gasteiger partial charge >= 0.3 is 0 Å². The van der Waals surface area contributed by atoms with Gasteiger partial charge in [-0.2, -0.15) is 0 Å². The van der Waals surface area contributed by atoms with Crippen LogP contribution in [0.2, 0.25) is 0 Å². The number of nitrogens with zero attached hydrogens (tertiary/aromatic N) is 1. The van der Waals surface area contributed by atoms with Crippen molar-refractivity contribution in [3.63, 3.8) is 0 Å². The molecule has 1 fully saturated rings. The average Bonchev–Trinajstić information content (AvgIpc) is 2.70. The fraction of sp³-hybridized carbons (Fsp3) is 0.522. The second-order valence-electron chi connectivity index (χ2n) is 7.81. The molecule has 27 heavy (non-hydrogen) atoms. The second-order valence-corrected chi connectivity index (χ2v) is 7.81. The number of methoxy groups -OCH3 is 2. The van der Waals surface area contributed by atoms with Crippen molar-refractivity contribution in [3.8, 4) is 0 Å². The summed E-state index contributed by atoms with van der Waals surface area (Å²) in [6, 6.07) is 8.13. The molecule has 0 radical (unpaired) electrons. The third kappa shape index (κ3) is 3.66. The third-order valence-corrected chi connectivity index (χ3v) is 6.26. The Morgan fingerprint density at radius 2 is 1.78 bits per heavy atom. The molecule has 146 valence electrons. The minimum Gasteiger partial charge on any atom is -0.381 e. The number of hydrogen-bond acceptors (Lipinski definition) is 4. The summed E-state index contributed by atoms with van der Waals surface area (Å²) in [6.07, 6.45) is 6.15. The lowest BCUT2D eigenvalue weighted by Crippen LogP contribution is -2.48. The predicted octanol–water partition coefficient (Wildman–Crippen LogP) is 4.07. The van der Waals surface area contributed by atoms with E-state index in [4.69, 9.17) is 9.47 Å². The maximum atomic E-state index is 12.3. The molecule has 1 aromatic carbocycles. The number of pyridine rings is 1. The lowest BCUT2D eigenvalue weighted by molar-refractivity contribution is -0.111. The maximum absolute atomic E-state index is 12.3. The highest BCUT2D eigenvalue weighted by Gasteiger charge is 2.48. The third-order valence-electron chi connectivity index (χ3n) is 6.26. The molecule has 4 nitrogen and oxygen atoms in total. The summed E-state index contributed by atoms with van der Waals surface area (Å²) >= 11 is 0. The zero-order valence-electron chi connectivity index (χ0n) is 17.0. The van der Waals surface area contributed by atoms with Crippen molar-refractivity contribution in [2.45, 2.75) is 57.8 Å². The quantitative estimate of drug-likeness (QED) is 0.863. The summed E-state index contributed by atoms with van der Waals surface area (Å²) in [7, 11) is 3.49. The lowest BCUT2D eigenvalue weighted by atomic mass is 9.67. The Hall–Kier alpha value is -1.75. The number of aromatic nitrogens is 1. The molecule has 2 aromatic rings. The molecule has 0 aliphatic heterocycles. The summed E-state index contributed by atoms with van der Waals surface area (Å²) in [6.45, 7) is 6.27. The smallest absolute Gasteiger partial charge is 0.122 e. The Bertz CT molecular complexity index is 777. The van der Waals surface area contributed by atoms with Crippen LogP contribution in [-0.2, 0) is 15.1 Å². The van der Waals surface area contributed by atoms with Gasteiger partial charge in [0.2, 0.25) is 0 Å². The van der Waals surface area contributed by atoms with E-state index in [1.807, 2.05) is 12.1 Å². The zero-order valence-corrected chi connectivity index (χ0v) is 17.0. The molecule has 3 rings (SSSR count). The van der Waals surface area contributed by atoms with Crippen molar-refractivity contribution in [2.24, 2.45) is 5.92 Å². The van der Waals surface area contributed by atoms with Gasteiger partial charge in [0.05, 0.1) is 12.2 Å². The van der Waals surface area contributed by atoms with E-state index in [0.717, 1.165) is 36.0 Å². The molecule has 4 atom stereocenters. The van der Waals surface area contributed by atoms with Gasteiger partial charge in [-0.15, -0.1) is 0 Å². The molecule has 1 saturated carbocycles. The van der Waals surface area contributed by atoms with Crippen LogP contribution in [-0.4, -0.2) is 36.5 Å². The van der Waals surface area contributed by atoms with E-state index in [0.29, 0.717) is 0 Å². The molecule has 1 aromatic heterocycles. The van der Waals surface area contributed by atoms with Crippen LogP contribution in [0.1, 0.15) is 47.1 Å². The predicted molar refractivity (Wildman–Crippen MR) is 107 cm³/mol. The molecular formula is C23H31NO3. The van der Waals surface area contributed by atoms with Gasteiger partial charge in [-0.25, -0.2) is 0 Å². The van der Waals surface area contributed by atoms with Crippen LogP contribution < -0.4 is 0 Å². The van der Waals surface area contributed by atoms with Crippen LogP contribution in [0.25, 0.3) is 0 Å². The Morgan fingerprint density at radius 3 is 2.41 bits per heavy atom. The van der Waals surface area contributed by atoms with Crippen LogP contribution in [0, 0.1) is 26.7 Å². The van der Waals surface area contributed by atoms with Gasteiger partial charge in [-0.05, 0) is 68.4 Å². The summed E-state index contributed by atoms with van der Waals surface area (Å²) in [5.74, 6) is -0.119. The van der Waals surface area contributed by atoms with Gasteiger partial charge in [0.25, 0.3) is 0 Å². The summed E-state index contributed by atoms with van der Waals surface area (Å²) < 4.78 is 11.5. The Kier molecular flexibility index (Phi) is 5.99. The van der Waals surface area contributed by atoms with Crippen molar-refractivity contribution in [3.05, 3.63) is 64.5 Å². The molecule has 1 aliphatic carbocycles. The number of hydrogen-bond donors (Lipinski definition) is 1. The van der Waals surface area contributed by atoms with Gasteiger partial charge in [0.15, 0.2) is 0 Å². The Labute approximate surface area is 162 Å². The highest BCUT2D eigenvalue weighted by atomic mass is 16.5. The molecule has 1 aliphatic rings. The largest absolute Gasteiger partial charge is 0.381 e. The zero-order chi connectivity index (χ0) is 19.6. The first-order valence-corrected chi connectivity index (χ1v) is 9.68. The lowest BCUT2D eigenvalue weighted by Gasteiger charge is -2.45. The van der Waals surface area contributed by atoms with Gasteiger partial charge in [0.1, 0.15) is 5.60 Å². The first kappa shape index (κ1) is 20.0. The van der Waals surface area contributed by atoms with Crippen LogP contribution in [0.15, 0.2) is 36.7 Å². The van der Waals surface area contributed by atoms with Crippen LogP contribution in [0.4, 0.5) is 0 Å². The second kappa shape index (κ2) is 8.09. The molecule has 4 heteroatoms. The van der Waals surface area contributed by atoms with Crippen molar-refractivity contribution >= 4 is 0 Å². The number of aliphatic hydroxyl groups is 1. The summed E-state index contributed by atoms with van der Waals surface area (Å²) in [5, 5.41) is 12.3. The monoisotopic (exact) mass is 369 g/mol. The fourth-order valence-corrected chi connectivity index (χ4v) is 4.57. The van der Waals surface area contributed by atoms with Crippen molar-refractivity contribution in [2.75, 3.05) is 14.2 Å². The molecule has 0 amide bonds. The molecule has 0 spiro atoms. The van der Waals surface area contributed by atoms with Crippen LogP contribution in [0.3, 0.4) is 0 Å². The molecule has 4 unspecified atom stereocenters.